The van der Waals surface area contributed by atoms with Crippen molar-refractivity contribution < 1.29 is 40.2 Å². The molecular weight excluding hydrogens is 430 g/mol. The second-order valence-electron chi connectivity index (χ2n) is 6.22. The van der Waals surface area contributed by atoms with Crippen molar-refractivity contribution in [1.29, 1.82) is 0 Å². The molecule has 1 aromatic carbocycles. The molecule has 3 heterocycles. The molecule has 1 saturated heterocycles. The van der Waals surface area contributed by atoms with Gasteiger partial charge in [0.15, 0.2) is 11.0 Å². The van der Waals surface area contributed by atoms with Gasteiger partial charge in [0, 0.05) is 17.8 Å². The molecule has 5 atom stereocenters. The molecule has 0 aliphatic carbocycles. The Morgan fingerprint density at radius 3 is 2.97 bits per heavy atom. The molecular formula is C16H16FN2O8PS. The monoisotopic (exact) mass is 448 g/mol. The Kier molecular flexibility index (Phi) is 4.57. The molecule has 1 aromatic heterocycles. The van der Waals surface area contributed by atoms with Crippen molar-refractivity contribution in [2.75, 3.05) is 6.56 Å². The molecule has 29 heavy (non-hydrogen) atoms. The van der Waals surface area contributed by atoms with E-state index in [1.54, 1.807) is 18.2 Å². The van der Waals surface area contributed by atoms with E-state index in [0.29, 0.717) is 5.56 Å². The number of nitrogens with zero attached hydrogens (tertiary/aromatic N) is 1. The number of phosphoric ester groups is 1. The summed E-state index contributed by atoms with van der Waals surface area (Å²) in [5.74, 6) is -3.63. The molecule has 4 rings (SSSR count). The zero-order valence-electron chi connectivity index (χ0n) is 16.4. The number of ether oxygens (including phenoxy) is 1. The summed E-state index contributed by atoms with van der Waals surface area (Å²) in [7, 11) is -4.68. The first-order chi connectivity index (χ1) is 14.5. The normalized spacial score (nSPS) is 35.3. The smallest absolute Gasteiger partial charge is 0.404 e. The highest BCUT2D eigenvalue weighted by Crippen LogP contribution is 2.55. The Bertz CT molecular complexity index is 1180. The van der Waals surface area contributed by atoms with Crippen molar-refractivity contribution in [3.8, 4) is 5.75 Å². The summed E-state index contributed by atoms with van der Waals surface area (Å²) in [6.07, 6.45) is -5.20. The number of hydrogen-bond acceptors (Lipinski definition) is 9. The number of benzene rings is 1. The third-order valence-corrected chi connectivity index (χ3v) is 5.76. The minimum Gasteiger partial charge on any atom is -0.404 e. The minimum atomic E-state index is -4.68. The van der Waals surface area contributed by atoms with E-state index in [2.05, 4.69) is 4.98 Å². The van der Waals surface area contributed by atoms with Gasteiger partial charge in [0.05, 0.1) is 9.35 Å². The van der Waals surface area contributed by atoms with E-state index in [-0.39, 0.29) is 17.1 Å². The fraction of sp³-hybridized carbons (Fsp3) is 0.375. The summed E-state index contributed by atoms with van der Waals surface area (Å²) in [4.78, 5) is 13.5. The quantitative estimate of drug-likeness (QED) is 0.471. The number of aliphatic hydroxyl groups is 2. The highest BCUT2D eigenvalue weighted by molar-refractivity contribution is 7.71. The van der Waals surface area contributed by atoms with Crippen molar-refractivity contribution in [3.63, 3.8) is 0 Å². The van der Waals surface area contributed by atoms with E-state index >= 15 is 4.39 Å². The van der Waals surface area contributed by atoms with Crippen LogP contribution in [0, 0.1) is 4.77 Å². The lowest BCUT2D eigenvalue weighted by atomic mass is 10.1. The number of rotatable bonds is 4. The predicted molar refractivity (Wildman–Crippen MR) is 97.3 cm³/mol. The molecule has 0 radical (unpaired) electrons. The predicted octanol–water partition coefficient (Wildman–Crippen LogP) is 1.56. The summed E-state index contributed by atoms with van der Waals surface area (Å²) in [5.41, 5.74) is -0.0717. The maximum Gasteiger partial charge on any atom is 0.530 e. The van der Waals surface area contributed by atoms with Crippen LogP contribution in [0.25, 0.3) is 0 Å². The van der Waals surface area contributed by atoms with Gasteiger partial charge in [-0.3, -0.25) is 23.4 Å². The van der Waals surface area contributed by atoms with E-state index in [1.165, 1.54) is 6.07 Å². The molecule has 2 aliphatic heterocycles. The number of aliphatic hydroxyl groups excluding tert-OH is 2. The number of halogens is 1. The van der Waals surface area contributed by atoms with Gasteiger partial charge in [-0.25, -0.2) is 8.96 Å². The molecule has 0 amide bonds. The summed E-state index contributed by atoms with van der Waals surface area (Å²) >= 11 is 4.92. The zero-order chi connectivity index (χ0) is 22.6. The van der Waals surface area contributed by atoms with Crippen LogP contribution in [0.5, 0.6) is 5.75 Å². The number of phosphoric acid groups is 1. The Balaban J connectivity index is 1.62. The van der Waals surface area contributed by atoms with E-state index in [9.17, 15) is 19.6 Å². The van der Waals surface area contributed by atoms with Crippen LogP contribution in [-0.2, 0) is 25.0 Å². The van der Waals surface area contributed by atoms with Crippen molar-refractivity contribution >= 4 is 20.0 Å². The van der Waals surface area contributed by atoms with Crippen LogP contribution in [0.2, 0.25) is 0 Å². The average Bonchev–Trinajstić information content (AvgIpc) is 2.93. The summed E-state index contributed by atoms with van der Waals surface area (Å²) in [6, 6.07) is 7.29. The van der Waals surface area contributed by atoms with Crippen LogP contribution in [-0.4, -0.2) is 44.4 Å². The fourth-order valence-corrected chi connectivity index (χ4v) is 4.16. The number of para-hydroxylation sites is 1. The van der Waals surface area contributed by atoms with E-state index < -0.39 is 44.2 Å². The van der Waals surface area contributed by atoms with Gasteiger partial charge in [0.1, 0.15) is 24.5 Å². The summed E-state index contributed by atoms with van der Waals surface area (Å²) in [6.45, 7) is -3.88. The van der Waals surface area contributed by atoms with Crippen LogP contribution in [0.4, 0.5) is 4.39 Å². The maximum atomic E-state index is 15.6. The van der Waals surface area contributed by atoms with Crippen molar-refractivity contribution in [2.24, 2.45) is 0 Å². The summed E-state index contributed by atoms with van der Waals surface area (Å²) in [5, 5.41) is 20.5. The molecule has 0 spiro atoms. The first-order valence-corrected chi connectivity index (χ1v) is 10.1. The zero-order valence-corrected chi connectivity index (χ0v) is 16.1. The Morgan fingerprint density at radius 1 is 1.45 bits per heavy atom. The van der Waals surface area contributed by atoms with Gasteiger partial charge >= 0.3 is 7.82 Å². The van der Waals surface area contributed by atoms with Gasteiger partial charge in [0.2, 0.25) is 0 Å². The number of H-pyrrole nitrogens is 1. The van der Waals surface area contributed by atoms with Crippen LogP contribution in [0.15, 0.2) is 41.3 Å². The van der Waals surface area contributed by atoms with Gasteiger partial charge in [-0.15, -0.1) is 0 Å². The molecule has 2 aliphatic rings. The number of aromatic amines is 1. The fourth-order valence-electron chi connectivity index (χ4n) is 2.79. The molecule has 3 N–H and O–H groups in total. The van der Waals surface area contributed by atoms with Crippen molar-refractivity contribution in [1.82, 2.24) is 9.55 Å². The lowest BCUT2D eigenvalue weighted by molar-refractivity contribution is -0.205. The Hall–Kier alpha value is -1.92. The first kappa shape index (κ1) is 17.9. The largest absolute Gasteiger partial charge is 0.530 e. The molecule has 1 fully saturated rings. The van der Waals surface area contributed by atoms with Crippen LogP contribution in [0.3, 0.4) is 0 Å². The van der Waals surface area contributed by atoms with E-state index in [4.69, 9.17) is 33.3 Å². The Labute approximate surface area is 170 Å². The number of hydrogen-bond donors (Lipinski definition) is 3. The molecule has 10 nitrogen and oxygen atoms in total. The average molecular weight is 448 g/mol. The van der Waals surface area contributed by atoms with E-state index in [0.717, 1.165) is 16.8 Å². The highest BCUT2D eigenvalue weighted by atomic mass is 32.1. The highest BCUT2D eigenvalue weighted by Gasteiger charge is 2.57. The SMILES string of the molecule is [2H]C([2H])(OP1(=O)OCc2ccccc2O1)[C@@]1(F)O[C@@H](n2ccc(=O)[nH]c2=S)[C@H](O)[C@@H]1O. The van der Waals surface area contributed by atoms with Crippen LogP contribution in [0.1, 0.15) is 14.5 Å². The van der Waals surface area contributed by atoms with Crippen molar-refractivity contribution in [3.05, 3.63) is 57.2 Å². The van der Waals surface area contributed by atoms with Gasteiger partial charge in [0.25, 0.3) is 11.4 Å². The topological polar surface area (TPSA) is 132 Å². The van der Waals surface area contributed by atoms with Crippen molar-refractivity contribution in [2.45, 2.75) is 30.9 Å². The van der Waals surface area contributed by atoms with Crippen LogP contribution >= 0.6 is 20.0 Å². The molecule has 2 aromatic rings. The number of alkyl halides is 1. The minimum absolute atomic E-state index is 0.0890. The van der Waals surface area contributed by atoms with Gasteiger partial charge in [-0.05, 0) is 18.3 Å². The molecule has 0 saturated carbocycles. The molecule has 1 unspecified atom stereocenters. The molecule has 13 heteroatoms. The number of nitrogens with one attached hydrogen (secondary N) is 1. The Morgan fingerprint density at radius 2 is 2.21 bits per heavy atom. The first-order valence-electron chi connectivity index (χ1n) is 9.23. The maximum absolute atomic E-state index is 15.6. The molecule has 0 bridgehead atoms. The third-order valence-electron chi connectivity index (χ3n) is 4.27. The third kappa shape index (κ3) is 3.80. The standard InChI is InChI=1S/C16H16FN2O8PS/c17-16(8-25-28(23)24-7-9-3-1-2-4-10(9)27-28)13(22)12(21)14(26-16)19-6-5-11(20)18-15(19)29/h1-6,12-14,21-22H,7-8H2,(H,18,20,29)/t12-,13+,14-,16-,28?/m1/s1/i8D2. The number of fused-ring (bicyclic) bond motifs is 1. The van der Waals surface area contributed by atoms with Gasteiger partial charge in [-0.2, -0.15) is 0 Å². The molecule has 156 valence electrons. The lowest BCUT2D eigenvalue weighted by Gasteiger charge is -2.28. The second-order valence-corrected chi connectivity index (χ2v) is 8.12. The van der Waals surface area contributed by atoms with Gasteiger partial charge in [-0.1, -0.05) is 18.2 Å². The second kappa shape index (κ2) is 7.40. The number of aromatic nitrogens is 2. The van der Waals surface area contributed by atoms with E-state index in [1.807, 2.05) is 0 Å². The van der Waals surface area contributed by atoms with Crippen LogP contribution < -0.4 is 10.1 Å². The van der Waals surface area contributed by atoms with Gasteiger partial charge < -0.3 is 19.5 Å². The lowest BCUT2D eigenvalue weighted by Crippen LogP contribution is -2.43. The summed E-state index contributed by atoms with van der Waals surface area (Å²) < 4.78 is 64.8.